The van der Waals surface area contributed by atoms with Crippen molar-refractivity contribution >= 4 is 17.8 Å². The molecule has 1 atom stereocenters. The van der Waals surface area contributed by atoms with Gasteiger partial charge in [0.2, 0.25) is 0 Å². The SMILES string of the molecule is C.CC(C)C(=O)c1ccc2c(c1)CCCC(CCCCCCCCCCNC(=O)c1cccc3c1C=CC(C)(C)C3)CC2.[HH]. The molecule has 2 aliphatic rings. The Hall–Kier alpha value is -2.68. The van der Waals surface area contributed by atoms with Gasteiger partial charge in [0, 0.05) is 25.0 Å². The Morgan fingerprint density at radius 3 is 2.35 bits per heavy atom. The molecule has 2 aromatic carbocycles. The molecule has 4 rings (SSSR count). The number of Topliss-reactive ketones (excluding diaryl/α,β-unsaturated/α-hetero) is 1. The van der Waals surface area contributed by atoms with Crippen LogP contribution >= 0.6 is 0 Å². The van der Waals surface area contributed by atoms with E-state index in [0.717, 1.165) is 48.4 Å². The Labute approximate surface area is 264 Å². The van der Waals surface area contributed by atoms with Crippen LogP contribution < -0.4 is 5.32 Å². The maximum Gasteiger partial charge on any atom is 0.251 e. The van der Waals surface area contributed by atoms with Crippen molar-refractivity contribution in [3.05, 3.63) is 75.9 Å². The van der Waals surface area contributed by atoms with Gasteiger partial charge in [-0.05, 0) is 84.2 Å². The fourth-order valence-corrected chi connectivity index (χ4v) is 6.90. The lowest BCUT2D eigenvalue weighted by Gasteiger charge is -2.27. The molecule has 0 bridgehead atoms. The lowest BCUT2D eigenvalue weighted by molar-refractivity contribution is 0.0935. The average molecular weight is 588 g/mol. The van der Waals surface area contributed by atoms with Gasteiger partial charge < -0.3 is 5.32 Å². The van der Waals surface area contributed by atoms with Gasteiger partial charge in [-0.3, -0.25) is 9.59 Å². The van der Waals surface area contributed by atoms with E-state index in [0.29, 0.717) is 0 Å². The standard InChI is InChI=1S/C39H55NO2.CH4.H2/c1-29(2)37(41)33-23-22-31-21-20-30(16-13-17-32(31)27-33)15-11-9-7-5-6-8-10-12-26-40-38(42)36-19-14-18-34-28-39(3,4)25-24-35(34)36;;/h14,18-19,22-25,27,29-30H,5-13,15-17,20-21,26,28H2,1-4H3,(H,40,42);1H4;1H. The highest BCUT2D eigenvalue weighted by Crippen LogP contribution is 2.33. The van der Waals surface area contributed by atoms with E-state index in [4.69, 9.17) is 0 Å². The lowest BCUT2D eigenvalue weighted by Crippen LogP contribution is -2.26. The fourth-order valence-electron chi connectivity index (χ4n) is 6.90. The molecule has 1 unspecified atom stereocenters. The quantitative estimate of drug-likeness (QED) is 0.176. The van der Waals surface area contributed by atoms with Crippen molar-refractivity contribution in [3.63, 3.8) is 0 Å². The monoisotopic (exact) mass is 587 g/mol. The first-order valence-electron chi connectivity index (χ1n) is 17.0. The minimum absolute atomic E-state index is 0. The Morgan fingerprint density at radius 1 is 0.884 bits per heavy atom. The van der Waals surface area contributed by atoms with Crippen LogP contribution in [0.3, 0.4) is 0 Å². The molecule has 2 aromatic rings. The number of benzene rings is 2. The second kappa shape index (κ2) is 17.0. The van der Waals surface area contributed by atoms with Gasteiger partial charge >= 0.3 is 0 Å². The summed E-state index contributed by atoms with van der Waals surface area (Å²) >= 11 is 0. The third-order valence-corrected chi connectivity index (χ3v) is 9.51. The number of nitrogens with one attached hydrogen (secondary N) is 1. The van der Waals surface area contributed by atoms with Gasteiger partial charge in [-0.1, -0.05) is 129 Å². The first kappa shape index (κ1) is 34.8. The summed E-state index contributed by atoms with van der Waals surface area (Å²) in [7, 11) is 0. The van der Waals surface area contributed by atoms with E-state index in [1.165, 1.54) is 93.7 Å². The van der Waals surface area contributed by atoms with Crippen LogP contribution in [0.15, 0.2) is 42.5 Å². The van der Waals surface area contributed by atoms with Crippen molar-refractivity contribution < 1.29 is 11.0 Å². The largest absolute Gasteiger partial charge is 0.352 e. The average Bonchev–Trinajstić information content (AvgIpc) is 2.95. The van der Waals surface area contributed by atoms with E-state index in [1.54, 1.807) is 0 Å². The van der Waals surface area contributed by atoms with Gasteiger partial charge in [-0.25, -0.2) is 0 Å². The maximum atomic E-state index is 12.8. The van der Waals surface area contributed by atoms with E-state index >= 15 is 0 Å². The molecule has 0 fully saturated rings. The summed E-state index contributed by atoms with van der Waals surface area (Å²) in [5.74, 6) is 1.26. The molecular formula is C40H61NO2. The molecule has 0 aliphatic heterocycles. The molecule has 0 saturated carbocycles. The molecule has 238 valence electrons. The zero-order valence-corrected chi connectivity index (χ0v) is 26.9. The molecule has 1 amide bonds. The lowest BCUT2D eigenvalue weighted by atomic mass is 9.78. The molecule has 0 radical (unpaired) electrons. The van der Waals surface area contributed by atoms with Crippen molar-refractivity contribution in [2.75, 3.05) is 6.54 Å². The first-order valence-corrected chi connectivity index (χ1v) is 17.0. The zero-order valence-electron chi connectivity index (χ0n) is 26.9. The number of aryl methyl sites for hydroxylation is 2. The number of rotatable bonds is 14. The van der Waals surface area contributed by atoms with Gasteiger partial charge in [0.25, 0.3) is 5.91 Å². The summed E-state index contributed by atoms with van der Waals surface area (Å²) in [6, 6.07) is 12.6. The summed E-state index contributed by atoms with van der Waals surface area (Å²) < 4.78 is 0. The van der Waals surface area contributed by atoms with Crippen LogP contribution in [0.5, 0.6) is 0 Å². The number of carbonyl (C=O) groups excluding carboxylic acids is 2. The van der Waals surface area contributed by atoms with E-state index in [9.17, 15) is 9.59 Å². The highest BCUT2D eigenvalue weighted by molar-refractivity contribution is 5.98. The van der Waals surface area contributed by atoms with E-state index < -0.39 is 0 Å². The summed E-state index contributed by atoms with van der Waals surface area (Å²) in [4.78, 5) is 25.2. The van der Waals surface area contributed by atoms with Crippen LogP contribution in [0.25, 0.3) is 6.08 Å². The van der Waals surface area contributed by atoms with Crippen molar-refractivity contribution in [2.45, 2.75) is 131 Å². The number of allylic oxidation sites excluding steroid dienone is 1. The van der Waals surface area contributed by atoms with E-state index in [2.05, 4.69) is 55.6 Å². The number of fused-ring (bicyclic) bond motifs is 2. The second-order valence-electron chi connectivity index (χ2n) is 14.0. The molecule has 0 spiro atoms. The molecule has 3 nitrogen and oxygen atoms in total. The van der Waals surface area contributed by atoms with Gasteiger partial charge in [0.1, 0.15) is 0 Å². The minimum Gasteiger partial charge on any atom is -0.352 e. The number of amides is 1. The molecule has 0 heterocycles. The Morgan fingerprint density at radius 2 is 1.60 bits per heavy atom. The Bertz CT molecular complexity index is 1230. The molecule has 3 heteroatoms. The summed E-state index contributed by atoms with van der Waals surface area (Å²) in [6.07, 6.45) is 23.1. The highest BCUT2D eigenvalue weighted by atomic mass is 16.1. The Balaban J connectivity index is 0.00000337. The predicted octanol–water partition coefficient (Wildman–Crippen LogP) is 10.8. The molecule has 43 heavy (non-hydrogen) atoms. The number of carbonyl (C=O) groups is 2. The van der Waals surface area contributed by atoms with Crippen LogP contribution in [-0.2, 0) is 19.3 Å². The number of hydrogen-bond acceptors (Lipinski definition) is 2. The van der Waals surface area contributed by atoms with E-state index in [-0.39, 0.29) is 31.9 Å². The Kier molecular flexibility index (Phi) is 13.7. The third-order valence-electron chi connectivity index (χ3n) is 9.51. The third kappa shape index (κ3) is 10.5. The topological polar surface area (TPSA) is 46.2 Å². The van der Waals surface area contributed by atoms with Gasteiger partial charge in [0.05, 0.1) is 0 Å². The molecule has 1 N–H and O–H groups in total. The van der Waals surface area contributed by atoms with Crippen LogP contribution in [0, 0.1) is 17.3 Å². The highest BCUT2D eigenvalue weighted by Gasteiger charge is 2.23. The number of ketones is 1. The van der Waals surface area contributed by atoms with Crippen molar-refractivity contribution in [1.82, 2.24) is 5.32 Å². The maximum absolute atomic E-state index is 12.8. The molecule has 0 aromatic heterocycles. The van der Waals surface area contributed by atoms with Crippen LogP contribution in [0.2, 0.25) is 0 Å². The zero-order chi connectivity index (χ0) is 30.0. The number of unbranched alkanes of at least 4 members (excludes halogenated alkanes) is 7. The van der Waals surface area contributed by atoms with Gasteiger partial charge in [-0.2, -0.15) is 0 Å². The van der Waals surface area contributed by atoms with Crippen LogP contribution in [0.1, 0.15) is 157 Å². The van der Waals surface area contributed by atoms with E-state index in [1.807, 2.05) is 26.0 Å². The predicted molar refractivity (Wildman–Crippen MR) is 186 cm³/mol. The second-order valence-corrected chi connectivity index (χ2v) is 14.0. The van der Waals surface area contributed by atoms with Gasteiger partial charge in [0.15, 0.2) is 5.78 Å². The summed E-state index contributed by atoms with van der Waals surface area (Å²) in [6.45, 7) is 9.23. The number of hydrogen-bond donors (Lipinski definition) is 1. The van der Waals surface area contributed by atoms with Crippen LogP contribution in [0.4, 0.5) is 0 Å². The van der Waals surface area contributed by atoms with Crippen molar-refractivity contribution in [2.24, 2.45) is 17.3 Å². The molecule has 0 saturated heterocycles. The van der Waals surface area contributed by atoms with Gasteiger partial charge in [-0.15, -0.1) is 0 Å². The minimum atomic E-state index is 0. The first-order chi connectivity index (χ1) is 20.2. The van der Waals surface area contributed by atoms with Crippen LogP contribution in [-0.4, -0.2) is 18.2 Å². The summed E-state index contributed by atoms with van der Waals surface area (Å²) in [5.41, 5.74) is 7.14. The molecular weight excluding hydrogens is 526 g/mol. The summed E-state index contributed by atoms with van der Waals surface area (Å²) in [5, 5.41) is 3.16. The van der Waals surface area contributed by atoms with Crippen molar-refractivity contribution in [1.29, 1.82) is 0 Å². The normalized spacial score (nSPS) is 17.3. The fraction of sp³-hybridized carbons (Fsp3) is 0.600. The van der Waals surface area contributed by atoms with Crippen molar-refractivity contribution in [3.8, 4) is 0 Å². The molecule has 2 aliphatic carbocycles. The smallest absolute Gasteiger partial charge is 0.251 e.